The Morgan fingerprint density at radius 3 is 1.91 bits per heavy atom. The van der Waals surface area contributed by atoms with Crippen molar-refractivity contribution in [1.82, 2.24) is 4.57 Å². The van der Waals surface area contributed by atoms with E-state index in [2.05, 4.69) is 204 Å². The van der Waals surface area contributed by atoms with Gasteiger partial charge < -0.3 is 13.9 Å². The number of rotatable bonds is 4. The minimum absolute atomic E-state index is 0.452. The van der Waals surface area contributed by atoms with Crippen molar-refractivity contribution >= 4 is 60.8 Å². The van der Waals surface area contributed by atoms with Crippen molar-refractivity contribution in [3.63, 3.8) is 0 Å². The zero-order valence-corrected chi connectivity index (χ0v) is 31.4. The van der Waals surface area contributed by atoms with E-state index in [4.69, 9.17) is 4.42 Å². The van der Waals surface area contributed by atoms with Crippen molar-refractivity contribution in [3.8, 4) is 27.9 Å². The number of hydrogen-bond acceptors (Lipinski definition) is 2. The van der Waals surface area contributed by atoms with Crippen molar-refractivity contribution in [3.05, 3.63) is 229 Å². The van der Waals surface area contributed by atoms with E-state index in [1.807, 2.05) is 12.1 Å². The second-order valence-corrected chi connectivity index (χ2v) is 15.6. The third kappa shape index (κ3) is 4.12. The molecule has 0 bridgehead atoms. The summed E-state index contributed by atoms with van der Waals surface area (Å²) in [6.07, 6.45) is 0. The number of para-hydroxylation sites is 5. The van der Waals surface area contributed by atoms with Crippen molar-refractivity contribution in [2.75, 3.05) is 4.90 Å². The minimum atomic E-state index is -0.452. The first-order chi connectivity index (χ1) is 28.8. The molecule has 0 saturated carbocycles. The summed E-state index contributed by atoms with van der Waals surface area (Å²) in [6.45, 7) is 0. The SMILES string of the molecule is c1ccc(N(c2ccc(-c3ccc4c(c3)-c3ccccc3C43c4ccccc4-n4c5ccccc5c5cccc3c54)cc2)c2ccc3oc4ccccc4c3c2)cc1. The van der Waals surface area contributed by atoms with Gasteiger partial charge in [-0.05, 0) is 111 Å². The molecule has 1 aliphatic carbocycles. The predicted molar refractivity (Wildman–Crippen MR) is 239 cm³/mol. The molecule has 3 heterocycles. The summed E-state index contributed by atoms with van der Waals surface area (Å²) < 4.78 is 8.70. The van der Waals surface area contributed by atoms with Gasteiger partial charge in [-0.3, -0.25) is 0 Å². The highest BCUT2D eigenvalue weighted by molar-refractivity contribution is 6.13. The summed E-state index contributed by atoms with van der Waals surface area (Å²) in [5, 5.41) is 4.82. The van der Waals surface area contributed by atoms with Crippen molar-refractivity contribution in [2.45, 2.75) is 5.41 Å². The van der Waals surface area contributed by atoms with E-state index in [0.29, 0.717) is 0 Å². The van der Waals surface area contributed by atoms with Crippen LogP contribution in [0.3, 0.4) is 0 Å². The molecule has 1 aliphatic heterocycles. The van der Waals surface area contributed by atoms with Gasteiger partial charge >= 0.3 is 0 Å². The second kappa shape index (κ2) is 11.7. The molecule has 11 aromatic rings. The van der Waals surface area contributed by atoms with Crippen LogP contribution >= 0.6 is 0 Å². The Balaban J connectivity index is 0.970. The van der Waals surface area contributed by atoms with E-state index in [-0.39, 0.29) is 0 Å². The quantitative estimate of drug-likeness (QED) is 0.179. The van der Waals surface area contributed by atoms with E-state index in [9.17, 15) is 0 Å². The van der Waals surface area contributed by atoms with E-state index in [0.717, 1.165) is 39.0 Å². The standard InChI is InChI=1S/C55H34N2O/c1-2-13-37(14-3-1)56(39-30-32-53-45(34-39)42-17-6-11-24-52(42)58-53)38-28-25-35(26-29-38)36-27-31-47-44(33-36)40-15-4-7-19-46(40)55(47)48-20-8-10-23-51(48)57-50-22-9-5-16-41(50)43-18-12-21-49(55)54(43)57/h1-34H. The number of benzene rings is 9. The smallest absolute Gasteiger partial charge is 0.135 e. The van der Waals surface area contributed by atoms with Gasteiger partial charge in [0.2, 0.25) is 0 Å². The lowest BCUT2D eigenvalue weighted by Gasteiger charge is -2.39. The van der Waals surface area contributed by atoms with E-state index in [1.54, 1.807) is 0 Å². The lowest BCUT2D eigenvalue weighted by molar-refractivity contribution is 0.669. The summed E-state index contributed by atoms with van der Waals surface area (Å²) in [6, 6.07) is 75.5. The maximum atomic E-state index is 6.19. The third-order valence-corrected chi connectivity index (χ3v) is 12.8. The molecule has 0 fully saturated rings. The Kier molecular flexibility index (Phi) is 6.37. The molecule has 1 spiro atoms. The highest BCUT2D eigenvalue weighted by atomic mass is 16.3. The van der Waals surface area contributed by atoms with Gasteiger partial charge in [0.05, 0.1) is 22.1 Å². The Morgan fingerprint density at radius 2 is 1.02 bits per heavy atom. The Morgan fingerprint density at radius 1 is 0.379 bits per heavy atom. The molecule has 270 valence electrons. The number of hydrogen-bond donors (Lipinski definition) is 0. The number of furan rings is 1. The molecule has 1 unspecified atom stereocenters. The molecule has 1 atom stereocenters. The van der Waals surface area contributed by atoms with Crippen LogP contribution in [0.1, 0.15) is 22.3 Å². The van der Waals surface area contributed by atoms with E-state index < -0.39 is 5.41 Å². The number of anilines is 3. The first-order valence-electron chi connectivity index (χ1n) is 20.0. The van der Waals surface area contributed by atoms with E-state index in [1.165, 1.54) is 72.0 Å². The maximum absolute atomic E-state index is 6.19. The monoisotopic (exact) mass is 738 g/mol. The summed E-state index contributed by atoms with van der Waals surface area (Å²) in [4.78, 5) is 2.33. The van der Waals surface area contributed by atoms with Gasteiger partial charge in [-0.2, -0.15) is 0 Å². The largest absolute Gasteiger partial charge is 0.456 e. The Hall–Kier alpha value is -7.62. The summed E-state index contributed by atoms with van der Waals surface area (Å²) >= 11 is 0. The third-order valence-electron chi connectivity index (χ3n) is 12.8. The molecular weight excluding hydrogens is 705 g/mol. The van der Waals surface area contributed by atoms with Crippen LogP contribution in [-0.2, 0) is 5.41 Å². The molecule has 58 heavy (non-hydrogen) atoms. The molecule has 0 saturated heterocycles. The highest BCUT2D eigenvalue weighted by Gasteiger charge is 2.50. The number of nitrogens with zero attached hydrogens (tertiary/aromatic N) is 2. The van der Waals surface area contributed by atoms with Gasteiger partial charge in [-0.1, -0.05) is 140 Å². The van der Waals surface area contributed by atoms with E-state index >= 15 is 0 Å². The second-order valence-electron chi connectivity index (χ2n) is 15.6. The van der Waals surface area contributed by atoms with Crippen LogP contribution in [0.4, 0.5) is 17.1 Å². The van der Waals surface area contributed by atoms with Gasteiger partial charge in [-0.25, -0.2) is 0 Å². The zero-order chi connectivity index (χ0) is 38.0. The van der Waals surface area contributed by atoms with Crippen LogP contribution in [-0.4, -0.2) is 4.57 Å². The van der Waals surface area contributed by atoms with Gasteiger partial charge in [0.15, 0.2) is 0 Å². The first-order valence-corrected chi connectivity index (χ1v) is 20.0. The Labute approximate surface area is 335 Å². The number of aromatic nitrogens is 1. The van der Waals surface area contributed by atoms with Crippen LogP contribution in [0.25, 0.3) is 71.7 Å². The number of fused-ring (bicyclic) bond motifs is 15. The lowest BCUT2D eigenvalue weighted by atomic mass is 9.65. The van der Waals surface area contributed by atoms with Crippen LogP contribution < -0.4 is 4.90 Å². The molecule has 2 aromatic heterocycles. The van der Waals surface area contributed by atoms with Crippen LogP contribution in [0.5, 0.6) is 0 Å². The highest BCUT2D eigenvalue weighted by Crippen LogP contribution is 2.61. The Bertz CT molecular complexity index is 3460. The topological polar surface area (TPSA) is 21.3 Å². The first kappa shape index (κ1) is 31.6. The van der Waals surface area contributed by atoms with Crippen LogP contribution in [0, 0.1) is 0 Å². The fraction of sp³-hybridized carbons (Fsp3) is 0.0182. The van der Waals surface area contributed by atoms with Crippen LogP contribution in [0.15, 0.2) is 211 Å². The average Bonchev–Trinajstić information content (AvgIpc) is 3.93. The molecule has 3 heteroatoms. The molecule has 9 aromatic carbocycles. The van der Waals surface area contributed by atoms with Crippen LogP contribution in [0.2, 0.25) is 0 Å². The van der Waals surface area contributed by atoms with Crippen molar-refractivity contribution < 1.29 is 4.42 Å². The fourth-order valence-corrected chi connectivity index (χ4v) is 10.4. The minimum Gasteiger partial charge on any atom is -0.456 e. The molecule has 13 rings (SSSR count). The summed E-state index contributed by atoms with van der Waals surface area (Å²) in [5.41, 5.74) is 18.7. The molecule has 0 amide bonds. The zero-order valence-electron chi connectivity index (χ0n) is 31.4. The van der Waals surface area contributed by atoms with Crippen molar-refractivity contribution in [2.24, 2.45) is 0 Å². The normalized spacial score (nSPS) is 15.0. The van der Waals surface area contributed by atoms with Gasteiger partial charge in [0.1, 0.15) is 11.2 Å². The van der Waals surface area contributed by atoms with Crippen molar-refractivity contribution in [1.29, 1.82) is 0 Å². The molecule has 2 aliphatic rings. The van der Waals surface area contributed by atoms with Gasteiger partial charge in [0.25, 0.3) is 0 Å². The molecule has 0 N–H and O–H groups in total. The maximum Gasteiger partial charge on any atom is 0.135 e. The molecule has 0 radical (unpaired) electrons. The fourth-order valence-electron chi connectivity index (χ4n) is 10.4. The van der Waals surface area contributed by atoms with Gasteiger partial charge in [0, 0.05) is 38.6 Å². The van der Waals surface area contributed by atoms with Gasteiger partial charge in [-0.15, -0.1) is 0 Å². The molecular formula is C55H34N2O. The lowest BCUT2D eigenvalue weighted by Crippen LogP contribution is -2.33. The average molecular weight is 739 g/mol. The predicted octanol–water partition coefficient (Wildman–Crippen LogP) is 14.5. The summed E-state index contributed by atoms with van der Waals surface area (Å²) in [7, 11) is 0. The molecule has 3 nitrogen and oxygen atoms in total. The summed E-state index contributed by atoms with van der Waals surface area (Å²) in [5.74, 6) is 0.